The normalized spacial score (nSPS) is 27.3. The molecule has 0 spiro atoms. The number of amides is 2. The maximum absolute atomic E-state index is 13.3. The highest BCUT2D eigenvalue weighted by Crippen LogP contribution is 2.28. The van der Waals surface area contributed by atoms with E-state index in [1.165, 1.54) is 0 Å². The summed E-state index contributed by atoms with van der Waals surface area (Å²) >= 11 is 0. The third kappa shape index (κ3) is 5.24. The zero-order valence-corrected chi connectivity index (χ0v) is 17.6. The van der Waals surface area contributed by atoms with Crippen molar-refractivity contribution in [2.24, 2.45) is 11.8 Å². The first-order valence-electron chi connectivity index (χ1n) is 10.2. The Kier molecular flexibility index (Phi) is 6.95. The average molecular weight is 409 g/mol. The molecule has 2 aliphatic heterocycles. The molecule has 156 valence electrons. The number of rotatable bonds is 5. The van der Waals surface area contributed by atoms with Gasteiger partial charge < -0.3 is 10.6 Å². The number of hydrogen-bond acceptors (Lipinski definition) is 3. The minimum absolute atomic E-state index is 0.201. The second-order valence-electron chi connectivity index (χ2n) is 8.23. The predicted octanol–water partition coefficient (Wildman–Crippen LogP) is 2.89. The fourth-order valence-electron chi connectivity index (χ4n) is 4.33. The summed E-state index contributed by atoms with van der Waals surface area (Å²) in [7, 11) is -3.51. The third-order valence-corrected chi connectivity index (χ3v) is 7.59. The first-order valence-corrected chi connectivity index (χ1v) is 11.6. The lowest BCUT2D eigenvalue weighted by molar-refractivity contribution is 0.184. The molecule has 0 radical (unpaired) electrons. The minimum Gasteiger partial charge on any atom is -0.336 e. The van der Waals surface area contributed by atoms with Gasteiger partial charge in [0.15, 0.2) is 0 Å². The SMILES string of the molecule is CC1CC(C)CN(S(=O)(=O)N2CCCCC2CNC(=O)Nc2ccccc2)C1. The molecule has 7 nitrogen and oxygen atoms in total. The molecule has 0 saturated carbocycles. The van der Waals surface area contributed by atoms with Gasteiger partial charge in [-0.1, -0.05) is 38.5 Å². The molecule has 2 aliphatic rings. The Morgan fingerprint density at radius 2 is 1.79 bits per heavy atom. The van der Waals surface area contributed by atoms with Crippen LogP contribution in [0.4, 0.5) is 10.5 Å². The predicted molar refractivity (Wildman–Crippen MR) is 111 cm³/mol. The quantitative estimate of drug-likeness (QED) is 0.786. The molecular formula is C20H32N4O3S. The van der Waals surface area contributed by atoms with E-state index in [2.05, 4.69) is 24.5 Å². The maximum atomic E-state index is 13.3. The number of piperidine rings is 2. The van der Waals surface area contributed by atoms with Gasteiger partial charge in [0.1, 0.15) is 0 Å². The van der Waals surface area contributed by atoms with Crippen molar-refractivity contribution < 1.29 is 13.2 Å². The van der Waals surface area contributed by atoms with Crippen LogP contribution in [0.1, 0.15) is 39.5 Å². The molecule has 0 aromatic heterocycles. The van der Waals surface area contributed by atoms with E-state index < -0.39 is 10.2 Å². The summed E-state index contributed by atoms with van der Waals surface area (Å²) in [5.74, 6) is 0.744. The summed E-state index contributed by atoms with van der Waals surface area (Å²) in [6.45, 7) is 6.23. The Labute approximate surface area is 168 Å². The van der Waals surface area contributed by atoms with E-state index in [9.17, 15) is 13.2 Å². The molecule has 28 heavy (non-hydrogen) atoms. The lowest BCUT2D eigenvalue weighted by Gasteiger charge is -2.41. The molecule has 8 heteroatoms. The highest BCUT2D eigenvalue weighted by atomic mass is 32.2. The van der Waals surface area contributed by atoms with Gasteiger partial charge in [-0.3, -0.25) is 0 Å². The van der Waals surface area contributed by atoms with E-state index in [0.29, 0.717) is 43.7 Å². The van der Waals surface area contributed by atoms with Crippen molar-refractivity contribution in [1.82, 2.24) is 13.9 Å². The smallest absolute Gasteiger partial charge is 0.319 e. The van der Waals surface area contributed by atoms with Crippen LogP contribution in [0.3, 0.4) is 0 Å². The summed E-state index contributed by atoms with van der Waals surface area (Å²) in [6, 6.07) is 8.71. The third-order valence-electron chi connectivity index (χ3n) is 5.56. The van der Waals surface area contributed by atoms with E-state index in [4.69, 9.17) is 0 Å². The van der Waals surface area contributed by atoms with Crippen molar-refractivity contribution in [3.63, 3.8) is 0 Å². The van der Waals surface area contributed by atoms with Gasteiger partial charge in [-0.05, 0) is 43.2 Å². The van der Waals surface area contributed by atoms with Crippen LogP contribution in [0.2, 0.25) is 0 Å². The fourth-order valence-corrected chi connectivity index (χ4v) is 6.43. The van der Waals surface area contributed by atoms with Gasteiger partial charge in [-0.15, -0.1) is 0 Å². The van der Waals surface area contributed by atoms with Crippen LogP contribution in [-0.4, -0.2) is 55.3 Å². The second kappa shape index (κ2) is 9.24. The second-order valence-corrected chi connectivity index (χ2v) is 10.1. The number of carbonyl (C=O) groups is 1. The van der Waals surface area contributed by atoms with Crippen LogP contribution in [0.25, 0.3) is 0 Å². The lowest BCUT2D eigenvalue weighted by atomic mass is 9.94. The monoisotopic (exact) mass is 408 g/mol. The first kappa shape index (κ1) is 21.1. The zero-order chi connectivity index (χ0) is 20.1. The van der Waals surface area contributed by atoms with Gasteiger partial charge in [-0.25, -0.2) is 4.79 Å². The number of benzene rings is 1. The van der Waals surface area contributed by atoms with E-state index in [0.717, 1.165) is 25.7 Å². The standard InChI is InChI=1S/C20H32N4O3S/c1-16-12-17(2)15-23(14-16)28(26,27)24-11-7-6-10-19(24)13-21-20(25)22-18-8-4-3-5-9-18/h3-5,8-9,16-17,19H,6-7,10-15H2,1-2H3,(H2,21,22,25). The number of carbonyl (C=O) groups excluding carboxylic acids is 1. The van der Waals surface area contributed by atoms with Gasteiger partial charge in [0.05, 0.1) is 0 Å². The van der Waals surface area contributed by atoms with Gasteiger partial charge in [-0.2, -0.15) is 17.0 Å². The van der Waals surface area contributed by atoms with E-state index in [-0.39, 0.29) is 12.1 Å². The molecule has 2 amide bonds. The summed E-state index contributed by atoms with van der Waals surface area (Å²) in [5.41, 5.74) is 0.712. The summed E-state index contributed by atoms with van der Waals surface area (Å²) in [6.07, 6.45) is 3.68. The number of hydrogen-bond donors (Lipinski definition) is 2. The Morgan fingerprint density at radius 1 is 1.11 bits per heavy atom. The Bertz CT molecular complexity index is 746. The van der Waals surface area contributed by atoms with Crippen LogP contribution in [0.15, 0.2) is 30.3 Å². The van der Waals surface area contributed by atoms with E-state index in [1.54, 1.807) is 8.61 Å². The lowest BCUT2D eigenvalue weighted by Crippen LogP contribution is -2.56. The van der Waals surface area contributed by atoms with Crippen molar-refractivity contribution in [3.8, 4) is 0 Å². The van der Waals surface area contributed by atoms with Gasteiger partial charge >= 0.3 is 6.03 Å². The molecule has 3 rings (SSSR count). The van der Waals surface area contributed by atoms with Crippen LogP contribution in [0.5, 0.6) is 0 Å². The molecule has 2 saturated heterocycles. The maximum Gasteiger partial charge on any atom is 0.319 e. The molecule has 3 unspecified atom stereocenters. The van der Waals surface area contributed by atoms with E-state index in [1.807, 2.05) is 30.3 Å². The zero-order valence-electron chi connectivity index (χ0n) is 16.8. The van der Waals surface area contributed by atoms with Crippen LogP contribution >= 0.6 is 0 Å². The molecule has 0 bridgehead atoms. The van der Waals surface area contributed by atoms with Crippen molar-refractivity contribution in [1.29, 1.82) is 0 Å². The number of anilines is 1. The van der Waals surface area contributed by atoms with Crippen molar-refractivity contribution in [3.05, 3.63) is 30.3 Å². The van der Waals surface area contributed by atoms with E-state index >= 15 is 0 Å². The van der Waals surface area contributed by atoms with Gasteiger partial charge in [0.2, 0.25) is 0 Å². The molecule has 1 aromatic rings. The minimum atomic E-state index is -3.51. The van der Waals surface area contributed by atoms with Crippen molar-refractivity contribution in [2.45, 2.75) is 45.6 Å². The fraction of sp³-hybridized carbons (Fsp3) is 0.650. The van der Waals surface area contributed by atoms with Crippen LogP contribution in [-0.2, 0) is 10.2 Å². The molecule has 1 aromatic carbocycles. The topological polar surface area (TPSA) is 81.8 Å². The summed E-state index contributed by atoms with van der Waals surface area (Å²) in [5, 5.41) is 5.63. The number of para-hydroxylation sites is 1. The Balaban J connectivity index is 1.62. The summed E-state index contributed by atoms with van der Waals surface area (Å²) in [4.78, 5) is 12.2. The number of nitrogens with zero attached hydrogens (tertiary/aromatic N) is 2. The van der Waals surface area contributed by atoms with Gasteiger partial charge in [0.25, 0.3) is 10.2 Å². The molecular weight excluding hydrogens is 376 g/mol. The van der Waals surface area contributed by atoms with Crippen LogP contribution in [0, 0.1) is 11.8 Å². The Hall–Kier alpha value is -1.64. The largest absolute Gasteiger partial charge is 0.336 e. The molecule has 2 N–H and O–H groups in total. The molecule has 0 aliphatic carbocycles. The first-order chi connectivity index (χ1) is 13.4. The number of urea groups is 1. The average Bonchev–Trinajstić information content (AvgIpc) is 2.66. The van der Waals surface area contributed by atoms with Gasteiger partial charge in [0, 0.05) is 37.9 Å². The van der Waals surface area contributed by atoms with Crippen molar-refractivity contribution >= 4 is 21.9 Å². The van der Waals surface area contributed by atoms with Crippen molar-refractivity contribution in [2.75, 3.05) is 31.5 Å². The molecule has 2 fully saturated rings. The highest BCUT2D eigenvalue weighted by molar-refractivity contribution is 7.86. The summed E-state index contributed by atoms with van der Waals surface area (Å²) < 4.78 is 29.9. The molecule has 2 heterocycles. The number of nitrogens with one attached hydrogen (secondary N) is 2. The highest BCUT2D eigenvalue weighted by Gasteiger charge is 2.39. The Morgan fingerprint density at radius 3 is 2.46 bits per heavy atom. The van der Waals surface area contributed by atoms with Crippen LogP contribution < -0.4 is 10.6 Å². The molecule has 3 atom stereocenters.